The fourth-order valence-electron chi connectivity index (χ4n) is 4.65. The Bertz CT molecular complexity index is 1220. The summed E-state index contributed by atoms with van der Waals surface area (Å²) >= 11 is 0. The zero-order chi connectivity index (χ0) is 30.0. The molecule has 8 nitrogen and oxygen atoms in total. The second-order valence-corrected chi connectivity index (χ2v) is 12.3. The van der Waals surface area contributed by atoms with E-state index in [2.05, 4.69) is 10.6 Å². The van der Waals surface area contributed by atoms with Crippen LogP contribution in [0.3, 0.4) is 0 Å². The van der Waals surface area contributed by atoms with Crippen LogP contribution in [0.25, 0.3) is 11.1 Å². The Balaban J connectivity index is 1.74. The van der Waals surface area contributed by atoms with Crippen LogP contribution in [-0.4, -0.2) is 58.2 Å². The van der Waals surface area contributed by atoms with Gasteiger partial charge in [-0.05, 0) is 56.4 Å². The minimum absolute atomic E-state index is 0.0408. The fraction of sp³-hybridized carbons (Fsp3) is 0.500. The van der Waals surface area contributed by atoms with Crippen molar-refractivity contribution >= 4 is 17.9 Å². The molecule has 3 rings (SSSR count). The lowest BCUT2D eigenvalue weighted by atomic mass is 9.85. The average molecular weight is 560 g/mol. The van der Waals surface area contributed by atoms with Crippen molar-refractivity contribution in [3.05, 3.63) is 59.7 Å². The van der Waals surface area contributed by atoms with Crippen molar-refractivity contribution < 1.29 is 33.0 Å². The summed E-state index contributed by atoms with van der Waals surface area (Å²) in [5, 5.41) is 15.9. The number of ether oxygens (including phenoxy) is 1. The number of carbonyl (C=O) groups excluding carboxylic acids is 3. The summed E-state index contributed by atoms with van der Waals surface area (Å²) in [6.45, 7) is 12.2. The van der Waals surface area contributed by atoms with Crippen molar-refractivity contribution in [3.63, 3.8) is 0 Å². The van der Waals surface area contributed by atoms with E-state index in [0.717, 1.165) is 0 Å². The van der Waals surface area contributed by atoms with Crippen LogP contribution >= 0.6 is 0 Å². The zero-order valence-corrected chi connectivity index (χ0v) is 24.0. The SMILES string of the molecule is C[C@H](NC(=O)[C@@H]1C[C@@H](O)CN1C(=O)[C@@H](NC(=O)OC(C)(C)C)C(C)(C)C)c1ccc(-c2c(F)cccc2F)cc1. The Labute approximate surface area is 234 Å². The van der Waals surface area contributed by atoms with Crippen molar-refractivity contribution in [1.82, 2.24) is 15.5 Å². The first kappa shape index (κ1) is 31.0. The second-order valence-electron chi connectivity index (χ2n) is 12.3. The molecule has 0 unspecified atom stereocenters. The average Bonchev–Trinajstić information content (AvgIpc) is 3.22. The van der Waals surface area contributed by atoms with E-state index in [1.807, 2.05) is 0 Å². The largest absolute Gasteiger partial charge is 0.444 e. The lowest BCUT2D eigenvalue weighted by Crippen LogP contribution is -2.58. The van der Waals surface area contributed by atoms with Crippen molar-refractivity contribution in [2.75, 3.05) is 6.54 Å². The van der Waals surface area contributed by atoms with Gasteiger partial charge >= 0.3 is 6.09 Å². The summed E-state index contributed by atoms with van der Waals surface area (Å²) in [7, 11) is 0. The third kappa shape index (κ3) is 7.56. The molecule has 40 heavy (non-hydrogen) atoms. The van der Waals surface area contributed by atoms with Crippen LogP contribution in [0.2, 0.25) is 0 Å². The maximum Gasteiger partial charge on any atom is 0.408 e. The van der Waals surface area contributed by atoms with Gasteiger partial charge in [0.25, 0.3) is 0 Å². The Morgan fingerprint density at radius 1 is 0.975 bits per heavy atom. The van der Waals surface area contributed by atoms with Gasteiger partial charge in [-0.1, -0.05) is 51.1 Å². The van der Waals surface area contributed by atoms with Gasteiger partial charge in [-0.15, -0.1) is 0 Å². The van der Waals surface area contributed by atoms with Gasteiger partial charge in [0, 0.05) is 13.0 Å². The lowest BCUT2D eigenvalue weighted by molar-refractivity contribution is -0.142. The number of β-amino-alcohol motifs (C(OH)–C–C–N with tert-alkyl or cyclic N) is 1. The minimum atomic E-state index is -1.01. The molecule has 2 aromatic carbocycles. The minimum Gasteiger partial charge on any atom is -0.444 e. The standard InChI is InChI=1S/C30H39F2N3O5/c1-17(18-11-13-19(14-12-18)24-21(31)9-8-10-22(24)32)33-26(37)23-15-20(36)16-35(23)27(38)25(29(2,3)4)34-28(39)40-30(5,6)7/h8-14,17,20,23,25,36H,15-16H2,1-7H3,(H,33,37)(H,34,39)/t17-,20+,23-,25+/m0/s1. The summed E-state index contributed by atoms with van der Waals surface area (Å²) in [6.07, 6.45) is -1.63. The number of carbonyl (C=O) groups is 3. The van der Waals surface area contributed by atoms with Crippen LogP contribution in [0.1, 0.15) is 66.5 Å². The molecule has 0 saturated carbocycles. The van der Waals surface area contributed by atoms with E-state index in [1.165, 1.54) is 23.1 Å². The molecule has 0 aliphatic carbocycles. The van der Waals surface area contributed by atoms with Gasteiger partial charge in [0.2, 0.25) is 11.8 Å². The molecule has 1 saturated heterocycles. The van der Waals surface area contributed by atoms with Crippen LogP contribution in [0.5, 0.6) is 0 Å². The number of hydrogen-bond acceptors (Lipinski definition) is 5. The highest BCUT2D eigenvalue weighted by Crippen LogP contribution is 2.29. The molecule has 0 radical (unpaired) electrons. The zero-order valence-electron chi connectivity index (χ0n) is 24.0. The highest BCUT2D eigenvalue weighted by Gasteiger charge is 2.45. The van der Waals surface area contributed by atoms with E-state index >= 15 is 0 Å². The van der Waals surface area contributed by atoms with Crippen LogP contribution in [0, 0.1) is 17.0 Å². The van der Waals surface area contributed by atoms with E-state index in [0.29, 0.717) is 11.1 Å². The van der Waals surface area contributed by atoms with Gasteiger partial charge in [-0.3, -0.25) is 9.59 Å². The number of amides is 3. The summed E-state index contributed by atoms with van der Waals surface area (Å²) in [5.74, 6) is -2.31. The summed E-state index contributed by atoms with van der Waals surface area (Å²) < 4.78 is 33.7. The maximum atomic E-state index is 14.2. The molecule has 0 spiro atoms. The normalized spacial score (nSPS) is 19.1. The number of aliphatic hydroxyl groups is 1. The van der Waals surface area contributed by atoms with Gasteiger partial charge in [0.1, 0.15) is 29.3 Å². The van der Waals surface area contributed by atoms with Crippen molar-refractivity contribution in [2.45, 2.75) is 84.7 Å². The molecule has 2 aromatic rings. The summed E-state index contributed by atoms with van der Waals surface area (Å²) in [4.78, 5) is 40.8. The Morgan fingerprint density at radius 2 is 1.55 bits per heavy atom. The van der Waals surface area contributed by atoms with Gasteiger partial charge in [-0.2, -0.15) is 0 Å². The topological polar surface area (TPSA) is 108 Å². The maximum absolute atomic E-state index is 14.2. The monoisotopic (exact) mass is 559 g/mol. The predicted octanol–water partition coefficient (Wildman–Crippen LogP) is 4.71. The molecular formula is C30H39F2N3O5. The third-order valence-corrected chi connectivity index (χ3v) is 6.66. The highest BCUT2D eigenvalue weighted by atomic mass is 19.1. The van der Waals surface area contributed by atoms with Gasteiger partial charge < -0.3 is 25.4 Å². The first-order chi connectivity index (χ1) is 18.5. The van der Waals surface area contributed by atoms with Gasteiger partial charge in [-0.25, -0.2) is 13.6 Å². The number of halogens is 2. The van der Waals surface area contributed by atoms with Crippen LogP contribution in [0.4, 0.5) is 13.6 Å². The molecule has 10 heteroatoms. The van der Waals surface area contributed by atoms with E-state index in [1.54, 1.807) is 72.7 Å². The third-order valence-electron chi connectivity index (χ3n) is 6.66. The van der Waals surface area contributed by atoms with Crippen molar-refractivity contribution in [1.29, 1.82) is 0 Å². The Morgan fingerprint density at radius 3 is 2.08 bits per heavy atom. The lowest BCUT2D eigenvalue weighted by Gasteiger charge is -2.35. The van der Waals surface area contributed by atoms with Gasteiger partial charge in [0.15, 0.2) is 0 Å². The number of aliphatic hydroxyl groups excluding tert-OH is 1. The van der Waals surface area contributed by atoms with E-state index in [9.17, 15) is 28.3 Å². The predicted molar refractivity (Wildman–Crippen MR) is 147 cm³/mol. The van der Waals surface area contributed by atoms with Crippen molar-refractivity contribution in [3.8, 4) is 11.1 Å². The molecule has 1 aliphatic rings. The molecule has 4 atom stereocenters. The molecule has 3 amide bonds. The van der Waals surface area contributed by atoms with E-state index < -0.39 is 64.8 Å². The summed E-state index contributed by atoms with van der Waals surface area (Å²) in [6, 6.07) is 7.68. The number of likely N-dealkylation sites (tertiary alicyclic amines) is 1. The highest BCUT2D eigenvalue weighted by molar-refractivity contribution is 5.92. The van der Waals surface area contributed by atoms with Crippen molar-refractivity contribution in [2.24, 2.45) is 5.41 Å². The second kappa shape index (κ2) is 11.9. The molecule has 0 aromatic heterocycles. The van der Waals surface area contributed by atoms with Crippen LogP contribution in [0.15, 0.2) is 42.5 Å². The molecule has 218 valence electrons. The molecule has 1 aliphatic heterocycles. The summed E-state index contributed by atoms with van der Waals surface area (Å²) in [5.41, 5.74) is -0.563. The number of nitrogens with one attached hydrogen (secondary N) is 2. The smallest absolute Gasteiger partial charge is 0.408 e. The fourth-order valence-corrected chi connectivity index (χ4v) is 4.65. The molecule has 3 N–H and O–H groups in total. The quantitative estimate of drug-likeness (QED) is 0.475. The number of hydrogen-bond donors (Lipinski definition) is 3. The number of rotatable bonds is 6. The van der Waals surface area contributed by atoms with Crippen LogP contribution in [-0.2, 0) is 14.3 Å². The Hall–Kier alpha value is -3.53. The molecule has 1 fully saturated rings. The number of nitrogens with zero attached hydrogens (tertiary/aromatic N) is 1. The van der Waals surface area contributed by atoms with E-state index in [4.69, 9.17) is 4.74 Å². The first-order valence-corrected chi connectivity index (χ1v) is 13.3. The molecule has 1 heterocycles. The van der Waals surface area contributed by atoms with Gasteiger partial charge in [0.05, 0.1) is 17.7 Å². The Kier molecular flexibility index (Phi) is 9.24. The number of benzene rings is 2. The van der Waals surface area contributed by atoms with Crippen LogP contribution < -0.4 is 10.6 Å². The number of alkyl carbamates (subject to hydrolysis) is 1. The molecule has 0 bridgehead atoms. The molecular weight excluding hydrogens is 520 g/mol. The first-order valence-electron chi connectivity index (χ1n) is 13.3. The van der Waals surface area contributed by atoms with E-state index in [-0.39, 0.29) is 18.5 Å².